The molecule has 2 aromatic rings. The number of pyridine rings is 1. The SMILES string of the molecule is CCN(C(=O)c1cncc(NC(C)C)c1)c1ccccc1. The molecule has 1 heterocycles. The molecule has 1 aromatic heterocycles. The standard InChI is InChI=1S/C17H21N3O/c1-4-20(16-8-6-5-7-9-16)17(21)14-10-15(12-18-11-14)19-13(2)3/h5-13,19H,4H2,1-3H3. The molecule has 21 heavy (non-hydrogen) atoms. The summed E-state index contributed by atoms with van der Waals surface area (Å²) < 4.78 is 0. The highest BCUT2D eigenvalue weighted by Crippen LogP contribution is 2.18. The van der Waals surface area contributed by atoms with Crippen LogP contribution >= 0.6 is 0 Å². The fourth-order valence-electron chi connectivity index (χ4n) is 2.18. The summed E-state index contributed by atoms with van der Waals surface area (Å²) in [7, 11) is 0. The first-order valence-corrected chi connectivity index (χ1v) is 7.20. The van der Waals surface area contributed by atoms with Gasteiger partial charge in [-0.1, -0.05) is 18.2 Å². The summed E-state index contributed by atoms with van der Waals surface area (Å²) in [6.07, 6.45) is 3.34. The molecule has 0 aliphatic rings. The van der Waals surface area contributed by atoms with E-state index in [2.05, 4.69) is 24.1 Å². The van der Waals surface area contributed by atoms with Crippen molar-refractivity contribution in [2.24, 2.45) is 0 Å². The topological polar surface area (TPSA) is 45.2 Å². The molecule has 0 atom stereocenters. The van der Waals surface area contributed by atoms with E-state index in [0.717, 1.165) is 11.4 Å². The largest absolute Gasteiger partial charge is 0.382 e. The van der Waals surface area contributed by atoms with Crippen molar-refractivity contribution in [3.05, 3.63) is 54.4 Å². The first kappa shape index (κ1) is 15.0. The van der Waals surface area contributed by atoms with E-state index in [4.69, 9.17) is 0 Å². The Labute approximate surface area is 125 Å². The van der Waals surface area contributed by atoms with E-state index in [1.165, 1.54) is 0 Å². The van der Waals surface area contributed by atoms with Crippen molar-refractivity contribution in [2.45, 2.75) is 26.8 Å². The quantitative estimate of drug-likeness (QED) is 0.912. The third kappa shape index (κ3) is 3.81. The van der Waals surface area contributed by atoms with E-state index in [1.807, 2.05) is 43.3 Å². The van der Waals surface area contributed by atoms with E-state index >= 15 is 0 Å². The molecule has 4 heteroatoms. The number of amides is 1. The maximum Gasteiger partial charge on any atom is 0.259 e. The normalized spacial score (nSPS) is 10.5. The zero-order valence-corrected chi connectivity index (χ0v) is 12.7. The highest BCUT2D eigenvalue weighted by molar-refractivity contribution is 6.06. The second kappa shape index (κ2) is 6.88. The molecule has 110 valence electrons. The summed E-state index contributed by atoms with van der Waals surface area (Å²) in [4.78, 5) is 18.6. The van der Waals surface area contributed by atoms with Gasteiger partial charge < -0.3 is 10.2 Å². The minimum atomic E-state index is -0.0383. The van der Waals surface area contributed by atoms with Crippen LogP contribution in [0.15, 0.2) is 48.8 Å². The van der Waals surface area contributed by atoms with Gasteiger partial charge in [0.25, 0.3) is 5.91 Å². The van der Waals surface area contributed by atoms with Gasteiger partial charge in [0.15, 0.2) is 0 Å². The molecule has 0 aliphatic heterocycles. The molecular formula is C17H21N3O. The Morgan fingerprint density at radius 3 is 2.57 bits per heavy atom. The smallest absolute Gasteiger partial charge is 0.259 e. The van der Waals surface area contributed by atoms with Crippen LogP contribution in [-0.4, -0.2) is 23.5 Å². The summed E-state index contributed by atoms with van der Waals surface area (Å²) >= 11 is 0. The Kier molecular flexibility index (Phi) is 4.93. The van der Waals surface area contributed by atoms with Gasteiger partial charge in [-0.25, -0.2) is 0 Å². The van der Waals surface area contributed by atoms with Crippen molar-refractivity contribution in [1.82, 2.24) is 4.98 Å². The van der Waals surface area contributed by atoms with Gasteiger partial charge in [-0.2, -0.15) is 0 Å². The van der Waals surface area contributed by atoms with Crippen LogP contribution < -0.4 is 10.2 Å². The van der Waals surface area contributed by atoms with Crippen LogP contribution in [0.5, 0.6) is 0 Å². The van der Waals surface area contributed by atoms with Crippen molar-refractivity contribution in [3.63, 3.8) is 0 Å². The molecule has 1 aromatic carbocycles. The Balaban J connectivity index is 2.26. The van der Waals surface area contributed by atoms with Crippen molar-refractivity contribution in [3.8, 4) is 0 Å². The number of nitrogens with zero attached hydrogens (tertiary/aromatic N) is 2. The zero-order chi connectivity index (χ0) is 15.2. The molecule has 0 radical (unpaired) electrons. The molecule has 1 N–H and O–H groups in total. The zero-order valence-electron chi connectivity index (χ0n) is 12.7. The van der Waals surface area contributed by atoms with Crippen molar-refractivity contribution >= 4 is 17.3 Å². The Morgan fingerprint density at radius 1 is 1.24 bits per heavy atom. The van der Waals surface area contributed by atoms with Crippen LogP contribution in [0.4, 0.5) is 11.4 Å². The first-order chi connectivity index (χ1) is 10.1. The summed E-state index contributed by atoms with van der Waals surface area (Å²) in [6, 6.07) is 11.8. The molecule has 4 nitrogen and oxygen atoms in total. The van der Waals surface area contributed by atoms with Crippen LogP contribution in [0, 0.1) is 0 Å². The van der Waals surface area contributed by atoms with Gasteiger partial charge in [0, 0.05) is 30.7 Å². The third-order valence-electron chi connectivity index (χ3n) is 3.07. The minimum absolute atomic E-state index is 0.0383. The third-order valence-corrected chi connectivity index (χ3v) is 3.07. The molecule has 0 fully saturated rings. The van der Waals surface area contributed by atoms with E-state index in [0.29, 0.717) is 18.2 Å². The van der Waals surface area contributed by atoms with Crippen molar-refractivity contribution < 1.29 is 4.79 Å². The molecule has 0 bridgehead atoms. The minimum Gasteiger partial charge on any atom is -0.382 e. The number of benzene rings is 1. The summed E-state index contributed by atoms with van der Waals surface area (Å²) in [6.45, 7) is 6.69. The first-order valence-electron chi connectivity index (χ1n) is 7.20. The number of hydrogen-bond donors (Lipinski definition) is 1. The Hall–Kier alpha value is -2.36. The lowest BCUT2D eigenvalue weighted by atomic mass is 10.2. The van der Waals surface area contributed by atoms with Crippen LogP contribution in [0.3, 0.4) is 0 Å². The number of anilines is 2. The second-order valence-corrected chi connectivity index (χ2v) is 5.15. The van der Waals surface area contributed by atoms with Gasteiger partial charge in [0.2, 0.25) is 0 Å². The van der Waals surface area contributed by atoms with Crippen molar-refractivity contribution in [2.75, 3.05) is 16.8 Å². The number of rotatable bonds is 5. The van der Waals surface area contributed by atoms with Crippen LogP contribution in [-0.2, 0) is 0 Å². The van der Waals surface area contributed by atoms with Crippen LogP contribution in [0.2, 0.25) is 0 Å². The molecule has 0 saturated heterocycles. The lowest BCUT2D eigenvalue weighted by Crippen LogP contribution is -2.30. The molecule has 0 saturated carbocycles. The average molecular weight is 283 g/mol. The predicted molar refractivity (Wildman–Crippen MR) is 86.8 cm³/mol. The van der Waals surface area contributed by atoms with Gasteiger partial charge >= 0.3 is 0 Å². The highest BCUT2D eigenvalue weighted by atomic mass is 16.2. The van der Waals surface area contributed by atoms with Gasteiger partial charge in [-0.05, 0) is 39.0 Å². The van der Waals surface area contributed by atoms with Gasteiger partial charge in [-0.3, -0.25) is 9.78 Å². The maximum atomic E-state index is 12.7. The predicted octanol–water partition coefficient (Wildman–Crippen LogP) is 3.57. The summed E-state index contributed by atoms with van der Waals surface area (Å²) in [5.41, 5.74) is 2.35. The molecule has 0 spiro atoms. The second-order valence-electron chi connectivity index (χ2n) is 5.15. The number of carbonyl (C=O) groups excluding carboxylic acids is 1. The maximum absolute atomic E-state index is 12.7. The average Bonchev–Trinajstić information content (AvgIpc) is 2.48. The van der Waals surface area contributed by atoms with Crippen molar-refractivity contribution in [1.29, 1.82) is 0 Å². The lowest BCUT2D eigenvalue weighted by molar-refractivity contribution is 0.0988. The molecule has 0 aliphatic carbocycles. The number of para-hydroxylation sites is 1. The molecular weight excluding hydrogens is 262 g/mol. The van der Waals surface area contributed by atoms with E-state index < -0.39 is 0 Å². The number of hydrogen-bond acceptors (Lipinski definition) is 3. The number of carbonyl (C=O) groups is 1. The van der Waals surface area contributed by atoms with Gasteiger partial charge in [0.1, 0.15) is 0 Å². The fraction of sp³-hybridized carbons (Fsp3) is 0.294. The number of nitrogens with one attached hydrogen (secondary N) is 1. The lowest BCUT2D eigenvalue weighted by Gasteiger charge is -2.21. The van der Waals surface area contributed by atoms with Crippen LogP contribution in [0.1, 0.15) is 31.1 Å². The van der Waals surface area contributed by atoms with Gasteiger partial charge in [-0.15, -0.1) is 0 Å². The van der Waals surface area contributed by atoms with E-state index in [1.54, 1.807) is 17.3 Å². The Morgan fingerprint density at radius 2 is 1.95 bits per heavy atom. The number of aromatic nitrogens is 1. The Bertz CT molecular complexity index is 596. The monoisotopic (exact) mass is 283 g/mol. The highest BCUT2D eigenvalue weighted by Gasteiger charge is 2.16. The fourth-order valence-corrected chi connectivity index (χ4v) is 2.18. The van der Waals surface area contributed by atoms with E-state index in [9.17, 15) is 4.79 Å². The molecule has 2 rings (SSSR count). The van der Waals surface area contributed by atoms with Crippen LogP contribution in [0.25, 0.3) is 0 Å². The van der Waals surface area contributed by atoms with E-state index in [-0.39, 0.29) is 5.91 Å². The van der Waals surface area contributed by atoms with Gasteiger partial charge in [0.05, 0.1) is 11.3 Å². The molecule has 1 amide bonds. The molecule has 0 unspecified atom stereocenters. The summed E-state index contributed by atoms with van der Waals surface area (Å²) in [5.74, 6) is -0.0383. The summed E-state index contributed by atoms with van der Waals surface area (Å²) in [5, 5.41) is 3.26.